The van der Waals surface area contributed by atoms with Crippen LogP contribution in [0.5, 0.6) is 0 Å². The van der Waals surface area contributed by atoms with Gasteiger partial charge in [0, 0.05) is 33.6 Å². The molecule has 11 heteroatoms. The minimum absolute atomic E-state index is 0.319. The van der Waals surface area contributed by atoms with Gasteiger partial charge in [0.05, 0.1) is 17.5 Å². The topological polar surface area (TPSA) is 106 Å². The summed E-state index contributed by atoms with van der Waals surface area (Å²) < 4.78 is 1.47. The molecule has 1 aromatic carbocycles. The van der Waals surface area contributed by atoms with Crippen LogP contribution in [0.25, 0.3) is 5.82 Å². The van der Waals surface area contributed by atoms with Gasteiger partial charge in [0.2, 0.25) is 0 Å². The number of carbonyl (C=O) groups is 1. The monoisotopic (exact) mass is 460 g/mol. The fourth-order valence-electron chi connectivity index (χ4n) is 2.80. The molecule has 0 aliphatic carbocycles. The summed E-state index contributed by atoms with van der Waals surface area (Å²) >= 11 is 13.6. The van der Waals surface area contributed by atoms with Crippen LogP contribution in [0, 0.1) is 6.92 Å². The first-order chi connectivity index (χ1) is 14.4. The highest BCUT2D eigenvalue weighted by atomic mass is 35.5. The molecule has 8 nitrogen and oxygen atoms in total. The highest BCUT2D eigenvalue weighted by molar-refractivity contribution is 7.15. The smallest absolute Gasteiger partial charge is 0.264 e. The van der Waals surface area contributed by atoms with Gasteiger partial charge in [-0.05, 0) is 36.8 Å². The maximum atomic E-state index is 12.7. The fraction of sp³-hybridized carbons (Fsp3) is 0.105. The molecular weight excluding hydrogens is 447 g/mol. The van der Waals surface area contributed by atoms with Crippen LogP contribution in [-0.2, 0) is 6.42 Å². The number of H-pyrrole nitrogens is 1. The zero-order valence-corrected chi connectivity index (χ0v) is 17.8. The number of aromatic nitrogens is 5. The Morgan fingerprint density at radius 2 is 2.07 bits per heavy atom. The van der Waals surface area contributed by atoms with E-state index in [1.165, 1.54) is 34.3 Å². The van der Waals surface area contributed by atoms with Crippen molar-refractivity contribution in [2.75, 3.05) is 5.32 Å². The summed E-state index contributed by atoms with van der Waals surface area (Å²) in [5.41, 5.74) is 1.52. The average Bonchev–Trinajstić information content (AvgIpc) is 3.32. The maximum absolute atomic E-state index is 12.7. The number of carbonyl (C=O) groups excluding carboxylic acids is 1. The first-order valence-electron chi connectivity index (χ1n) is 8.71. The molecule has 4 aromatic rings. The van der Waals surface area contributed by atoms with Crippen LogP contribution in [-0.4, -0.2) is 30.9 Å². The summed E-state index contributed by atoms with van der Waals surface area (Å²) in [4.78, 5) is 29.1. The molecule has 1 amide bonds. The van der Waals surface area contributed by atoms with Gasteiger partial charge >= 0.3 is 0 Å². The molecule has 0 aliphatic rings. The van der Waals surface area contributed by atoms with Crippen molar-refractivity contribution in [2.45, 2.75) is 13.3 Å². The Morgan fingerprint density at radius 3 is 2.83 bits per heavy atom. The van der Waals surface area contributed by atoms with Crippen molar-refractivity contribution in [3.63, 3.8) is 0 Å². The fourth-order valence-corrected chi connectivity index (χ4v) is 4.01. The Kier molecular flexibility index (Phi) is 5.67. The Bertz CT molecular complexity index is 1280. The second-order valence-corrected chi connectivity index (χ2v) is 8.29. The molecular formula is C19H14Cl2N6O2S. The Morgan fingerprint density at radius 1 is 1.23 bits per heavy atom. The van der Waals surface area contributed by atoms with Crippen LogP contribution in [0.4, 0.5) is 5.13 Å². The van der Waals surface area contributed by atoms with Crippen molar-refractivity contribution in [3.8, 4) is 5.82 Å². The van der Waals surface area contributed by atoms with Gasteiger partial charge in [-0.15, -0.1) is 11.3 Å². The van der Waals surface area contributed by atoms with Crippen LogP contribution >= 0.6 is 34.5 Å². The van der Waals surface area contributed by atoms with Gasteiger partial charge in [-0.2, -0.15) is 10.2 Å². The molecule has 0 spiro atoms. The minimum Gasteiger partial charge on any atom is -0.298 e. The van der Waals surface area contributed by atoms with Gasteiger partial charge in [0.15, 0.2) is 10.9 Å². The van der Waals surface area contributed by atoms with Crippen molar-refractivity contribution in [1.29, 1.82) is 0 Å². The van der Waals surface area contributed by atoms with Gasteiger partial charge in [0.25, 0.3) is 11.5 Å². The second kappa shape index (κ2) is 8.39. The third kappa shape index (κ3) is 4.28. The van der Waals surface area contributed by atoms with Gasteiger partial charge in [-0.3, -0.25) is 14.9 Å². The molecule has 0 bridgehead atoms. The average molecular weight is 461 g/mol. The third-order valence-electron chi connectivity index (χ3n) is 4.28. The summed E-state index contributed by atoms with van der Waals surface area (Å²) in [7, 11) is 0. The lowest BCUT2D eigenvalue weighted by Gasteiger charge is -2.04. The second-order valence-electron chi connectivity index (χ2n) is 6.33. The van der Waals surface area contributed by atoms with E-state index < -0.39 is 0 Å². The van der Waals surface area contributed by atoms with Crippen molar-refractivity contribution >= 4 is 45.6 Å². The first kappa shape index (κ1) is 20.3. The van der Waals surface area contributed by atoms with Gasteiger partial charge < -0.3 is 0 Å². The lowest BCUT2D eigenvalue weighted by Crippen LogP contribution is -2.14. The molecule has 3 aromatic heterocycles. The van der Waals surface area contributed by atoms with E-state index in [-0.39, 0.29) is 11.5 Å². The lowest BCUT2D eigenvalue weighted by atomic mass is 10.1. The molecule has 0 radical (unpaired) electrons. The number of thiazole rings is 1. The molecule has 0 saturated carbocycles. The first-order valence-corrected chi connectivity index (χ1v) is 10.3. The number of anilines is 1. The number of hydrogen-bond acceptors (Lipinski definition) is 6. The zero-order valence-electron chi connectivity index (χ0n) is 15.5. The van der Waals surface area contributed by atoms with Crippen LogP contribution in [0.1, 0.15) is 26.5 Å². The normalized spacial score (nSPS) is 10.9. The molecule has 0 fully saturated rings. The highest BCUT2D eigenvalue weighted by Gasteiger charge is 2.17. The largest absolute Gasteiger partial charge is 0.298 e. The standard InChI is InChI=1S/C19H14Cl2N6O2S/c1-10-14(9-23-27(10)16-4-5-17(28)26-25-16)18(29)24-19-22-8-13(30-19)7-11-6-12(20)2-3-15(11)21/h2-6,8-9H,7H2,1H3,(H,26,28)(H,22,24,29). The molecule has 3 heterocycles. The van der Waals surface area contributed by atoms with Crippen LogP contribution in [0.2, 0.25) is 10.0 Å². The van der Waals surface area contributed by atoms with E-state index in [9.17, 15) is 9.59 Å². The molecule has 0 saturated heterocycles. The summed E-state index contributed by atoms with van der Waals surface area (Å²) in [6.45, 7) is 1.74. The van der Waals surface area contributed by atoms with Gasteiger partial charge in [0.1, 0.15) is 0 Å². The maximum Gasteiger partial charge on any atom is 0.264 e. The molecule has 0 unspecified atom stereocenters. The van der Waals surface area contributed by atoms with Crippen LogP contribution < -0.4 is 10.9 Å². The van der Waals surface area contributed by atoms with E-state index in [1.54, 1.807) is 25.3 Å². The summed E-state index contributed by atoms with van der Waals surface area (Å²) in [6, 6.07) is 8.16. The molecule has 2 N–H and O–H groups in total. The lowest BCUT2D eigenvalue weighted by molar-refractivity contribution is 0.102. The quantitative estimate of drug-likeness (QED) is 0.470. The number of hydrogen-bond donors (Lipinski definition) is 2. The Hall–Kier alpha value is -3.01. The molecule has 152 valence electrons. The van der Waals surface area contributed by atoms with Gasteiger partial charge in [-0.25, -0.2) is 14.8 Å². The number of amides is 1. The van der Waals surface area contributed by atoms with Crippen LogP contribution in [0.3, 0.4) is 0 Å². The predicted octanol–water partition coefficient (Wildman–Crippen LogP) is 3.87. The summed E-state index contributed by atoms with van der Waals surface area (Å²) in [5.74, 6) is 0.0611. The van der Waals surface area contributed by atoms with E-state index >= 15 is 0 Å². The van der Waals surface area contributed by atoms with E-state index in [0.29, 0.717) is 38.7 Å². The van der Waals surface area contributed by atoms with E-state index in [2.05, 4.69) is 25.6 Å². The molecule has 0 atom stereocenters. The van der Waals surface area contributed by atoms with E-state index in [0.717, 1.165) is 10.4 Å². The minimum atomic E-state index is -0.343. The SMILES string of the molecule is Cc1c(C(=O)Nc2ncc(Cc3cc(Cl)ccc3Cl)s2)cnn1-c1ccc(=O)[nH]n1. The predicted molar refractivity (Wildman–Crippen MR) is 116 cm³/mol. The van der Waals surface area contributed by atoms with Gasteiger partial charge in [-0.1, -0.05) is 23.2 Å². The van der Waals surface area contributed by atoms with Crippen molar-refractivity contribution in [2.24, 2.45) is 0 Å². The van der Waals surface area contributed by atoms with Crippen molar-refractivity contribution < 1.29 is 4.79 Å². The Balaban J connectivity index is 1.49. The number of nitrogens with zero attached hydrogens (tertiary/aromatic N) is 4. The number of aromatic amines is 1. The summed E-state index contributed by atoms with van der Waals surface area (Å²) in [5, 5.41) is 14.9. The molecule has 4 rings (SSSR count). The zero-order chi connectivity index (χ0) is 21.3. The van der Waals surface area contributed by atoms with Crippen molar-refractivity contribution in [1.82, 2.24) is 25.0 Å². The summed E-state index contributed by atoms with van der Waals surface area (Å²) in [6.07, 6.45) is 3.69. The highest BCUT2D eigenvalue weighted by Crippen LogP contribution is 2.27. The Labute approximate surface area is 184 Å². The molecule has 0 aliphatic heterocycles. The number of halogens is 2. The number of benzene rings is 1. The number of nitrogens with one attached hydrogen (secondary N) is 2. The van der Waals surface area contributed by atoms with E-state index in [1.807, 2.05) is 6.07 Å². The van der Waals surface area contributed by atoms with E-state index in [4.69, 9.17) is 23.2 Å². The number of rotatable bonds is 5. The van der Waals surface area contributed by atoms with Crippen molar-refractivity contribution in [3.05, 3.63) is 84.8 Å². The van der Waals surface area contributed by atoms with Crippen LogP contribution in [0.15, 0.2) is 47.5 Å². The molecule has 30 heavy (non-hydrogen) atoms. The third-order valence-corrected chi connectivity index (χ3v) is 5.80.